The molecule has 2 saturated heterocycles. The number of guanidine groups is 1. The normalized spacial score (nSPS) is 28.0. The van der Waals surface area contributed by atoms with Crippen molar-refractivity contribution in [1.29, 1.82) is 0 Å². The molecule has 2 heterocycles. The Balaban J connectivity index is 0.00000312. The summed E-state index contributed by atoms with van der Waals surface area (Å²) in [5.74, 6) is 1.49. The van der Waals surface area contributed by atoms with E-state index in [4.69, 9.17) is 4.74 Å². The molecule has 2 rings (SSSR count). The zero-order valence-electron chi connectivity index (χ0n) is 15.5. The highest BCUT2D eigenvalue weighted by Gasteiger charge is 2.30. The molecule has 2 aliphatic rings. The van der Waals surface area contributed by atoms with Gasteiger partial charge in [-0.15, -0.1) is 24.0 Å². The number of hydrogen-bond acceptors (Lipinski definition) is 4. The van der Waals surface area contributed by atoms with Gasteiger partial charge in [0.2, 0.25) is 0 Å². The zero-order valence-corrected chi connectivity index (χ0v) is 18.7. The van der Waals surface area contributed by atoms with Crippen LogP contribution in [0.5, 0.6) is 0 Å². The molecule has 6 nitrogen and oxygen atoms in total. The van der Waals surface area contributed by atoms with Gasteiger partial charge in [-0.2, -0.15) is 0 Å². The second-order valence-electron chi connectivity index (χ2n) is 7.71. The lowest BCUT2D eigenvalue weighted by atomic mass is 9.94. The number of halogens is 1. The minimum absolute atomic E-state index is 0. The van der Waals surface area contributed by atoms with Crippen LogP contribution in [0.1, 0.15) is 40.0 Å². The third-order valence-corrected chi connectivity index (χ3v) is 6.27. The second-order valence-corrected chi connectivity index (χ2v) is 9.94. The molecule has 25 heavy (non-hydrogen) atoms. The highest BCUT2D eigenvalue weighted by atomic mass is 127. The van der Waals surface area contributed by atoms with Gasteiger partial charge in [0.15, 0.2) is 15.8 Å². The first-order valence-corrected chi connectivity index (χ1v) is 10.5. The number of nitrogens with one attached hydrogen (secondary N) is 2. The van der Waals surface area contributed by atoms with E-state index in [-0.39, 0.29) is 41.2 Å². The van der Waals surface area contributed by atoms with Crippen molar-refractivity contribution in [3.05, 3.63) is 12.2 Å². The van der Waals surface area contributed by atoms with Crippen molar-refractivity contribution in [2.75, 3.05) is 31.2 Å². The van der Waals surface area contributed by atoms with Gasteiger partial charge >= 0.3 is 0 Å². The first-order chi connectivity index (χ1) is 11.2. The fourth-order valence-electron chi connectivity index (χ4n) is 3.19. The molecule has 0 aromatic rings. The lowest BCUT2D eigenvalue weighted by Gasteiger charge is -2.36. The third kappa shape index (κ3) is 8.25. The Kier molecular flexibility index (Phi) is 8.66. The molecule has 146 valence electrons. The molecule has 2 fully saturated rings. The highest BCUT2D eigenvalue weighted by Crippen LogP contribution is 2.24. The van der Waals surface area contributed by atoms with E-state index in [1.54, 1.807) is 0 Å². The molecule has 2 N–H and O–H groups in total. The number of rotatable bonds is 5. The van der Waals surface area contributed by atoms with Gasteiger partial charge in [-0.25, -0.2) is 13.4 Å². The summed E-state index contributed by atoms with van der Waals surface area (Å²) in [6.45, 7) is 12.0. The molecular weight excluding hydrogens is 453 g/mol. The molecule has 2 atom stereocenters. The van der Waals surface area contributed by atoms with Gasteiger partial charge in [-0.3, -0.25) is 0 Å². The highest BCUT2D eigenvalue weighted by molar-refractivity contribution is 14.0. The molecule has 0 aromatic heterocycles. The van der Waals surface area contributed by atoms with Crippen LogP contribution in [0.3, 0.4) is 0 Å². The summed E-state index contributed by atoms with van der Waals surface area (Å²) >= 11 is 0. The summed E-state index contributed by atoms with van der Waals surface area (Å²) in [6.07, 6.45) is 2.58. The van der Waals surface area contributed by atoms with E-state index < -0.39 is 9.84 Å². The minimum atomic E-state index is -2.84. The summed E-state index contributed by atoms with van der Waals surface area (Å²) < 4.78 is 28.9. The van der Waals surface area contributed by atoms with Crippen molar-refractivity contribution in [1.82, 2.24) is 10.6 Å². The molecule has 2 aliphatic heterocycles. The van der Waals surface area contributed by atoms with E-state index in [9.17, 15) is 8.42 Å². The third-order valence-electron chi connectivity index (χ3n) is 4.43. The van der Waals surface area contributed by atoms with Crippen LogP contribution in [0.15, 0.2) is 17.1 Å². The quantitative estimate of drug-likeness (QED) is 0.270. The van der Waals surface area contributed by atoms with Gasteiger partial charge in [-0.1, -0.05) is 12.2 Å². The maximum atomic E-state index is 11.6. The van der Waals surface area contributed by atoms with Gasteiger partial charge < -0.3 is 15.4 Å². The lowest BCUT2D eigenvalue weighted by Crippen LogP contribution is -2.50. The number of aliphatic imine (C=N–C) groups is 1. The average Bonchev–Trinajstić information content (AvgIpc) is 2.80. The fourth-order valence-corrected chi connectivity index (χ4v) is 5.05. The maximum Gasteiger partial charge on any atom is 0.191 e. The monoisotopic (exact) mass is 485 g/mol. The van der Waals surface area contributed by atoms with Crippen LogP contribution in [0.2, 0.25) is 0 Å². The Morgan fingerprint density at radius 1 is 1.36 bits per heavy atom. The molecule has 0 saturated carbocycles. The van der Waals surface area contributed by atoms with Crippen LogP contribution in [0, 0.1) is 5.92 Å². The Hall–Kier alpha value is -0.350. The van der Waals surface area contributed by atoms with Crippen molar-refractivity contribution in [3.63, 3.8) is 0 Å². The first-order valence-electron chi connectivity index (χ1n) is 8.69. The van der Waals surface area contributed by atoms with E-state index in [0.29, 0.717) is 24.9 Å². The van der Waals surface area contributed by atoms with E-state index in [0.717, 1.165) is 37.4 Å². The van der Waals surface area contributed by atoms with Crippen molar-refractivity contribution in [2.45, 2.75) is 51.7 Å². The average molecular weight is 485 g/mol. The summed E-state index contributed by atoms with van der Waals surface area (Å²) in [5, 5.41) is 6.80. The minimum Gasteiger partial charge on any atom is -0.375 e. The number of sulfone groups is 1. The summed E-state index contributed by atoms with van der Waals surface area (Å²) in [7, 11) is -2.84. The number of nitrogens with zero attached hydrogens (tertiary/aromatic N) is 1. The molecule has 0 amide bonds. The molecule has 8 heteroatoms. The second kappa shape index (κ2) is 9.55. The van der Waals surface area contributed by atoms with E-state index in [1.807, 2.05) is 6.92 Å². The molecule has 0 aromatic carbocycles. The number of hydrogen-bond donors (Lipinski definition) is 2. The van der Waals surface area contributed by atoms with Gasteiger partial charge in [-0.05, 0) is 46.0 Å². The topological polar surface area (TPSA) is 79.8 Å². The van der Waals surface area contributed by atoms with E-state index >= 15 is 0 Å². The molecule has 2 unspecified atom stereocenters. The van der Waals surface area contributed by atoms with Crippen molar-refractivity contribution < 1.29 is 13.2 Å². The smallest absolute Gasteiger partial charge is 0.191 e. The van der Waals surface area contributed by atoms with E-state index in [2.05, 4.69) is 36.1 Å². The Bertz CT molecular complexity index is 590. The predicted molar refractivity (Wildman–Crippen MR) is 113 cm³/mol. The van der Waals surface area contributed by atoms with Gasteiger partial charge in [0.1, 0.15) is 0 Å². The summed E-state index contributed by atoms with van der Waals surface area (Å²) in [6, 6.07) is 0.303. The van der Waals surface area contributed by atoms with Crippen LogP contribution < -0.4 is 10.6 Å². The largest absolute Gasteiger partial charge is 0.375 e. The molecule has 0 spiro atoms. The van der Waals surface area contributed by atoms with Crippen LogP contribution in [-0.2, 0) is 14.6 Å². The lowest BCUT2D eigenvalue weighted by molar-refractivity contribution is -0.0605. The van der Waals surface area contributed by atoms with E-state index in [1.165, 1.54) is 0 Å². The standard InChI is InChI=1S/C17H31N3O3S.HI/c1-13(2)10-18-16(19-11-14-6-8-24(21,22)12-14)20-15-5-7-23-17(3,4)9-15;/h14-15H,1,5-12H2,2-4H3,(H2,18,19,20);1H. The molecule has 0 radical (unpaired) electrons. The molecular formula is C17H32IN3O3S. The van der Waals surface area contributed by atoms with Gasteiger partial charge in [0.05, 0.1) is 23.7 Å². The number of ether oxygens (including phenoxy) is 1. The van der Waals surface area contributed by atoms with Gasteiger partial charge in [0, 0.05) is 19.2 Å². The van der Waals surface area contributed by atoms with Crippen LogP contribution in [0.25, 0.3) is 0 Å². The molecule has 0 bridgehead atoms. The zero-order chi connectivity index (χ0) is 17.8. The first kappa shape index (κ1) is 22.7. The van der Waals surface area contributed by atoms with Gasteiger partial charge in [0.25, 0.3) is 0 Å². The van der Waals surface area contributed by atoms with Crippen molar-refractivity contribution in [3.8, 4) is 0 Å². The Labute approximate surface area is 169 Å². The Morgan fingerprint density at radius 2 is 2.08 bits per heavy atom. The maximum absolute atomic E-state index is 11.6. The summed E-state index contributed by atoms with van der Waals surface area (Å²) in [5.41, 5.74) is 0.862. The van der Waals surface area contributed by atoms with Crippen LogP contribution in [-0.4, -0.2) is 57.2 Å². The fraction of sp³-hybridized carbons (Fsp3) is 0.824. The predicted octanol–water partition coefficient (Wildman–Crippen LogP) is 2.11. The van der Waals surface area contributed by atoms with Crippen molar-refractivity contribution in [2.24, 2.45) is 10.9 Å². The Morgan fingerprint density at radius 3 is 2.64 bits per heavy atom. The van der Waals surface area contributed by atoms with Crippen LogP contribution >= 0.6 is 24.0 Å². The van der Waals surface area contributed by atoms with Crippen molar-refractivity contribution >= 4 is 39.8 Å². The SMILES string of the molecule is C=C(C)CN=C(NCC1CCS(=O)(=O)C1)NC1CCOC(C)(C)C1.I. The summed E-state index contributed by atoms with van der Waals surface area (Å²) in [4.78, 5) is 4.57. The molecule has 0 aliphatic carbocycles. The van der Waals surface area contributed by atoms with Crippen LogP contribution in [0.4, 0.5) is 0 Å².